The molecule has 0 aliphatic carbocycles. The minimum Gasteiger partial charge on any atom is -0.382 e. The van der Waals surface area contributed by atoms with Gasteiger partial charge in [0.1, 0.15) is 0 Å². The predicted octanol–water partition coefficient (Wildman–Crippen LogP) is 3.39. The van der Waals surface area contributed by atoms with Gasteiger partial charge in [-0.1, -0.05) is 11.6 Å². The van der Waals surface area contributed by atoms with Crippen molar-refractivity contribution in [2.24, 2.45) is 0 Å². The Kier molecular flexibility index (Phi) is 6.47. The Morgan fingerprint density at radius 2 is 2.00 bits per heavy atom. The SMILES string of the molecule is CC[NH+](CC)CCC[C@H](C)Nc1ccnc2cc(Cl)ccc12. The third-order valence-electron chi connectivity index (χ3n) is 4.27. The summed E-state index contributed by atoms with van der Waals surface area (Å²) >= 11 is 6.04. The van der Waals surface area contributed by atoms with Crippen LogP contribution in [0.1, 0.15) is 33.6 Å². The number of fused-ring (bicyclic) bond motifs is 1. The van der Waals surface area contributed by atoms with Crippen LogP contribution in [0.5, 0.6) is 0 Å². The van der Waals surface area contributed by atoms with Crippen molar-refractivity contribution >= 4 is 28.2 Å². The van der Waals surface area contributed by atoms with Crippen LogP contribution in [-0.4, -0.2) is 30.7 Å². The van der Waals surface area contributed by atoms with Gasteiger partial charge < -0.3 is 10.2 Å². The fourth-order valence-corrected chi connectivity index (χ4v) is 3.01. The first kappa shape index (κ1) is 17.0. The Morgan fingerprint density at radius 3 is 2.73 bits per heavy atom. The van der Waals surface area contributed by atoms with Crippen LogP contribution in [-0.2, 0) is 0 Å². The number of halogens is 1. The number of benzene rings is 1. The smallest absolute Gasteiger partial charge is 0.0771 e. The quantitative estimate of drug-likeness (QED) is 0.780. The summed E-state index contributed by atoms with van der Waals surface area (Å²) in [5.41, 5.74) is 2.08. The van der Waals surface area contributed by atoms with Gasteiger partial charge in [0.25, 0.3) is 0 Å². The van der Waals surface area contributed by atoms with E-state index in [1.165, 1.54) is 32.5 Å². The molecule has 0 spiro atoms. The maximum atomic E-state index is 6.04. The molecule has 0 saturated carbocycles. The van der Waals surface area contributed by atoms with Crippen LogP contribution in [0.2, 0.25) is 5.02 Å². The molecular formula is C18H27ClN3+. The van der Waals surface area contributed by atoms with Gasteiger partial charge >= 0.3 is 0 Å². The second-order valence-electron chi connectivity index (χ2n) is 5.91. The average molecular weight is 321 g/mol. The highest BCUT2D eigenvalue weighted by Gasteiger charge is 2.08. The summed E-state index contributed by atoms with van der Waals surface area (Å²) in [5.74, 6) is 0. The fourth-order valence-electron chi connectivity index (χ4n) is 2.85. The molecule has 22 heavy (non-hydrogen) atoms. The third kappa shape index (κ3) is 4.59. The van der Waals surface area contributed by atoms with Crippen LogP contribution in [0.4, 0.5) is 5.69 Å². The largest absolute Gasteiger partial charge is 0.382 e. The van der Waals surface area contributed by atoms with Gasteiger partial charge in [-0.05, 0) is 57.9 Å². The van der Waals surface area contributed by atoms with Gasteiger partial charge in [-0.25, -0.2) is 0 Å². The minimum atomic E-state index is 0.455. The maximum Gasteiger partial charge on any atom is 0.0771 e. The number of hydrogen-bond donors (Lipinski definition) is 2. The Bertz CT molecular complexity index is 596. The first-order valence-electron chi connectivity index (χ1n) is 8.28. The minimum absolute atomic E-state index is 0.455. The second kappa shape index (κ2) is 8.35. The van der Waals surface area contributed by atoms with E-state index in [9.17, 15) is 0 Å². The second-order valence-corrected chi connectivity index (χ2v) is 6.35. The van der Waals surface area contributed by atoms with Gasteiger partial charge in [0.15, 0.2) is 0 Å². The first-order chi connectivity index (χ1) is 10.6. The number of aromatic nitrogens is 1. The van der Waals surface area contributed by atoms with Crippen molar-refractivity contribution in [1.82, 2.24) is 4.98 Å². The Labute approximate surface area is 138 Å². The maximum absolute atomic E-state index is 6.04. The van der Waals surface area contributed by atoms with Gasteiger partial charge in [0.2, 0.25) is 0 Å². The van der Waals surface area contributed by atoms with Gasteiger partial charge in [-0.3, -0.25) is 4.98 Å². The van der Waals surface area contributed by atoms with E-state index in [4.69, 9.17) is 11.6 Å². The van der Waals surface area contributed by atoms with Crippen LogP contribution in [0.25, 0.3) is 10.9 Å². The van der Waals surface area contributed by atoms with Crippen molar-refractivity contribution in [2.45, 2.75) is 39.7 Å². The number of quaternary nitrogens is 1. The number of hydrogen-bond acceptors (Lipinski definition) is 2. The van der Waals surface area contributed by atoms with E-state index in [2.05, 4.69) is 31.1 Å². The zero-order chi connectivity index (χ0) is 15.9. The highest BCUT2D eigenvalue weighted by molar-refractivity contribution is 6.31. The van der Waals surface area contributed by atoms with E-state index >= 15 is 0 Å². The molecule has 4 heteroatoms. The van der Waals surface area contributed by atoms with Gasteiger partial charge in [0.05, 0.1) is 25.2 Å². The lowest BCUT2D eigenvalue weighted by molar-refractivity contribution is -0.896. The third-order valence-corrected chi connectivity index (χ3v) is 4.51. The lowest BCUT2D eigenvalue weighted by Crippen LogP contribution is -3.11. The Hall–Kier alpha value is -1.32. The molecule has 2 aromatic rings. The molecule has 0 radical (unpaired) electrons. The summed E-state index contributed by atoms with van der Waals surface area (Å²) in [6.07, 6.45) is 4.27. The standard InChI is InChI=1S/C18H26ClN3/c1-4-22(5-2)12-6-7-14(3)21-17-10-11-20-18-13-15(19)8-9-16(17)18/h8-11,13-14H,4-7,12H2,1-3H3,(H,20,21)/p+1/t14-/m0/s1. The summed E-state index contributed by atoms with van der Waals surface area (Å²) in [6.45, 7) is 10.5. The molecule has 0 aliphatic rings. The molecule has 0 amide bonds. The zero-order valence-electron chi connectivity index (χ0n) is 13.8. The van der Waals surface area contributed by atoms with Crippen LogP contribution >= 0.6 is 11.6 Å². The Morgan fingerprint density at radius 1 is 1.23 bits per heavy atom. The van der Waals surface area contributed by atoms with Crippen LogP contribution in [0.3, 0.4) is 0 Å². The summed E-state index contributed by atoms with van der Waals surface area (Å²) in [7, 11) is 0. The Balaban J connectivity index is 1.95. The number of pyridine rings is 1. The fraction of sp³-hybridized carbons (Fsp3) is 0.500. The molecular weight excluding hydrogens is 294 g/mol. The van der Waals surface area contributed by atoms with E-state index in [0.29, 0.717) is 6.04 Å². The van der Waals surface area contributed by atoms with Crippen LogP contribution in [0.15, 0.2) is 30.5 Å². The van der Waals surface area contributed by atoms with Crippen LogP contribution in [0, 0.1) is 0 Å². The van der Waals surface area contributed by atoms with E-state index in [-0.39, 0.29) is 0 Å². The lowest BCUT2D eigenvalue weighted by Gasteiger charge is -2.19. The molecule has 2 N–H and O–H groups in total. The molecule has 1 heterocycles. The molecule has 2 rings (SSSR count). The first-order valence-corrected chi connectivity index (χ1v) is 8.66. The highest BCUT2D eigenvalue weighted by atomic mass is 35.5. The molecule has 1 aromatic heterocycles. The van der Waals surface area contributed by atoms with E-state index in [1.54, 1.807) is 4.90 Å². The number of anilines is 1. The summed E-state index contributed by atoms with van der Waals surface area (Å²) in [6, 6.07) is 8.38. The molecule has 0 unspecified atom stereocenters. The van der Waals surface area contributed by atoms with Crippen molar-refractivity contribution in [2.75, 3.05) is 25.0 Å². The molecule has 0 bridgehead atoms. The van der Waals surface area contributed by atoms with Crippen molar-refractivity contribution in [3.05, 3.63) is 35.5 Å². The number of nitrogens with one attached hydrogen (secondary N) is 2. The number of rotatable bonds is 8. The normalized spacial score (nSPS) is 12.8. The lowest BCUT2D eigenvalue weighted by atomic mass is 10.1. The van der Waals surface area contributed by atoms with Crippen molar-refractivity contribution in [3.8, 4) is 0 Å². The number of nitrogens with zero attached hydrogens (tertiary/aromatic N) is 1. The monoisotopic (exact) mass is 320 g/mol. The molecule has 3 nitrogen and oxygen atoms in total. The van der Waals surface area contributed by atoms with Gasteiger partial charge in [0, 0.05) is 28.3 Å². The molecule has 0 fully saturated rings. The van der Waals surface area contributed by atoms with Crippen molar-refractivity contribution < 1.29 is 4.90 Å². The molecule has 120 valence electrons. The van der Waals surface area contributed by atoms with E-state index < -0.39 is 0 Å². The molecule has 1 aromatic carbocycles. The topological polar surface area (TPSA) is 29.4 Å². The summed E-state index contributed by atoms with van der Waals surface area (Å²) < 4.78 is 0. The molecule has 0 saturated heterocycles. The average Bonchev–Trinajstić information content (AvgIpc) is 2.51. The van der Waals surface area contributed by atoms with E-state index in [0.717, 1.165) is 21.6 Å². The highest BCUT2D eigenvalue weighted by Crippen LogP contribution is 2.25. The van der Waals surface area contributed by atoms with E-state index in [1.807, 2.05) is 30.5 Å². The van der Waals surface area contributed by atoms with Gasteiger partial charge in [-0.2, -0.15) is 0 Å². The van der Waals surface area contributed by atoms with Crippen LogP contribution < -0.4 is 10.2 Å². The summed E-state index contributed by atoms with van der Waals surface area (Å²) in [5, 5.41) is 5.48. The molecule has 0 aliphatic heterocycles. The van der Waals surface area contributed by atoms with Crippen molar-refractivity contribution in [1.29, 1.82) is 0 Å². The van der Waals surface area contributed by atoms with Gasteiger partial charge in [-0.15, -0.1) is 0 Å². The summed E-state index contributed by atoms with van der Waals surface area (Å²) in [4.78, 5) is 6.07. The predicted molar refractivity (Wildman–Crippen MR) is 96.0 cm³/mol. The molecule has 1 atom stereocenters. The zero-order valence-corrected chi connectivity index (χ0v) is 14.6. The van der Waals surface area contributed by atoms with Crippen molar-refractivity contribution in [3.63, 3.8) is 0 Å².